The van der Waals surface area contributed by atoms with Crippen LogP contribution in [-0.4, -0.2) is 16.1 Å². The van der Waals surface area contributed by atoms with Gasteiger partial charge in [0.15, 0.2) is 0 Å². The number of aromatic nitrogens is 2. The zero-order valence-electron chi connectivity index (χ0n) is 11.4. The van der Waals surface area contributed by atoms with Gasteiger partial charge in [0.05, 0.1) is 10.6 Å². The van der Waals surface area contributed by atoms with Gasteiger partial charge in [-0.25, -0.2) is 0 Å². The molecule has 1 aromatic heterocycles. The Balaban J connectivity index is 1.79. The Bertz CT molecular complexity index is 865. The van der Waals surface area contributed by atoms with E-state index >= 15 is 0 Å². The number of amides is 1. The van der Waals surface area contributed by atoms with E-state index in [0.717, 1.165) is 3.57 Å². The summed E-state index contributed by atoms with van der Waals surface area (Å²) in [5.74, 6) is -0.136. The zero-order valence-corrected chi connectivity index (χ0v) is 15.1. The molecule has 0 saturated heterocycles. The van der Waals surface area contributed by atoms with Crippen LogP contribution in [0.1, 0.15) is 10.4 Å². The van der Waals surface area contributed by atoms with Gasteiger partial charge in [0, 0.05) is 14.2 Å². The Morgan fingerprint density at radius 2 is 1.83 bits per heavy atom. The largest absolute Gasteiger partial charge is 0.403 e. The number of benzene rings is 2. The minimum atomic E-state index is -0.334. The summed E-state index contributed by atoms with van der Waals surface area (Å²) in [6.45, 7) is 0. The highest BCUT2D eigenvalue weighted by atomic mass is 127. The molecular weight excluding hydrogens is 452 g/mol. The van der Waals surface area contributed by atoms with Crippen LogP contribution in [-0.2, 0) is 0 Å². The van der Waals surface area contributed by atoms with Crippen molar-refractivity contribution in [3.05, 3.63) is 61.6 Å². The monoisotopic (exact) mass is 459 g/mol. The zero-order chi connectivity index (χ0) is 16.4. The number of nitrogens with zero attached hydrogens (tertiary/aromatic N) is 2. The van der Waals surface area contributed by atoms with E-state index in [0.29, 0.717) is 21.2 Å². The summed E-state index contributed by atoms with van der Waals surface area (Å²) in [5, 5.41) is 11.1. The number of carbonyl (C=O) groups excluding carboxylic acids is 1. The highest BCUT2D eigenvalue weighted by Gasteiger charge is 2.15. The van der Waals surface area contributed by atoms with Crippen LogP contribution < -0.4 is 5.32 Å². The second-order valence-corrected chi connectivity index (χ2v) is 6.59. The average molecular weight is 460 g/mol. The molecule has 0 bridgehead atoms. The van der Waals surface area contributed by atoms with Gasteiger partial charge in [0.25, 0.3) is 11.8 Å². The fourth-order valence-corrected chi connectivity index (χ4v) is 2.66. The van der Waals surface area contributed by atoms with Crippen molar-refractivity contribution in [2.75, 3.05) is 5.32 Å². The average Bonchev–Trinajstić information content (AvgIpc) is 2.96. The summed E-state index contributed by atoms with van der Waals surface area (Å²) in [4.78, 5) is 12.1. The Labute approximate surface area is 155 Å². The van der Waals surface area contributed by atoms with Crippen LogP contribution in [0.4, 0.5) is 6.01 Å². The molecule has 1 N–H and O–H groups in total. The van der Waals surface area contributed by atoms with E-state index in [-0.39, 0.29) is 17.8 Å². The third-order valence-corrected chi connectivity index (χ3v) is 4.18. The molecule has 0 spiro atoms. The number of anilines is 1. The maximum absolute atomic E-state index is 12.1. The van der Waals surface area contributed by atoms with Crippen molar-refractivity contribution in [3.63, 3.8) is 0 Å². The first kappa shape index (κ1) is 16.2. The van der Waals surface area contributed by atoms with Crippen LogP contribution in [0.3, 0.4) is 0 Å². The lowest BCUT2D eigenvalue weighted by atomic mass is 10.2. The quantitative estimate of drug-likeness (QED) is 0.565. The molecule has 1 heterocycles. The van der Waals surface area contributed by atoms with E-state index in [2.05, 4.69) is 38.1 Å². The number of nitrogens with one attached hydrogen (secondary N) is 1. The SMILES string of the molecule is O=C(Nc1nnc(-c2ccc(Cl)cc2Cl)o1)c1ccc(I)cc1. The van der Waals surface area contributed by atoms with Crippen molar-refractivity contribution in [2.24, 2.45) is 0 Å². The van der Waals surface area contributed by atoms with Crippen molar-refractivity contribution in [2.45, 2.75) is 0 Å². The summed E-state index contributed by atoms with van der Waals surface area (Å²) in [7, 11) is 0. The molecule has 23 heavy (non-hydrogen) atoms. The fourth-order valence-electron chi connectivity index (χ4n) is 1.82. The molecule has 0 unspecified atom stereocenters. The Morgan fingerprint density at radius 3 is 2.52 bits per heavy atom. The second-order valence-electron chi connectivity index (χ2n) is 4.50. The van der Waals surface area contributed by atoms with E-state index < -0.39 is 0 Å². The number of halogens is 3. The Kier molecular flexibility index (Phi) is 4.84. The molecule has 0 atom stereocenters. The molecular formula is C15H8Cl2IN3O2. The summed E-state index contributed by atoms with van der Waals surface area (Å²) >= 11 is 14.1. The van der Waals surface area contributed by atoms with Crippen LogP contribution in [0.5, 0.6) is 0 Å². The summed E-state index contributed by atoms with van der Waals surface area (Å²) < 4.78 is 6.46. The summed E-state index contributed by atoms with van der Waals surface area (Å²) in [6, 6.07) is 12.0. The first-order valence-corrected chi connectivity index (χ1v) is 8.22. The Hall–Kier alpha value is -1.64. The summed E-state index contributed by atoms with van der Waals surface area (Å²) in [6.07, 6.45) is 0. The molecule has 3 aromatic rings. The van der Waals surface area contributed by atoms with Crippen molar-refractivity contribution in [1.82, 2.24) is 10.2 Å². The normalized spacial score (nSPS) is 10.6. The molecule has 0 aliphatic carbocycles. The highest BCUT2D eigenvalue weighted by Crippen LogP contribution is 2.30. The second kappa shape index (κ2) is 6.86. The topological polar surface area (TPSA) is 68.0 Å². The standard InChI is InChI=1S/C15H8Cl2IN3O2/c16-9-3-6-11(12(17)7-9)14-20-21-15(23-14)19-13(22)8-1-4-10(18)5-2-8/h1-7H,(H,19,21,22). The predicted octanol–water partition coefficient (Wildman–Crippen LogP) is 4.90. The van der Waals surface area contributed by atoms with Gasteiger partial charge in [-0.2, -0.15) is 0 Å². The highest BCUT2D eigenvalue weighted by molar-refractivity contribution is 14.1. The van der Waals surface area contributed by atoms with E-state index in [1.165, 1.54) is 0 Å². The molecule has 8 heteroatoms. The van der Waals surface area contributed by atoms with E-state index in [1.54, 1.807) is 30.3 Å². The molecule has 3 rings (SSSR count). The molecule has 0 radical (unpaired) electrons. The van der Waals surface area contributed by atoms with Crippen LogP contribution in [0, 0.1) is 3.57 Å². The molecule has 0 fully saturated rings. The first-order valence-electron chi connectivity index (χ1n) is 6.39. The van der Waals surface area contributed by atoms with Gasteiger partial charge in [0.1, 0.15) is 0 Å². The lowest BCUT2D eigenvalue weighted by Crippen LogP contribution is -2.11. The minimum Gasteiger partial charge on any atom is -0.403 e. The number of hydrogen-bond acceptors (Lipinski definition) is 4. The van der Waals surface area contributed by atoms with Crippen LogP contribution in [0.15, 0.2) is 46.9 Å². The first-order chi connectivity index (χ1) is 11.0. The van der Waals surface area contributed by atoms with Gasteiger partial charge >= 0.3 is 6.01 Å². The molecule has 0 saturated carbocycles. The van der Waals surface area contributed by atoms with Crippen LogP contribution in [0.25, 0.3) is 11.5 Å². The molecule has 116 valence electrons. The molecule has 5 nitrogen and oxygen atoms in total. The maximum atomic E-state index is 12.1. The van der Waals surface area contributed by atoms with Gasteiger partial charge in [-0.1, -0.05) is 28.3 Å². The van der Waals surface area contributed by atoms with Crippen molar-refractivity contribution in [3.8, 4) is 11.5 Å². The molecule has 0 aliphatic rings. The number of rotatable bonds is 3. The third kappa shape index (κ3) is 3.82. The van der Waals surface area contributed by atoms with E-state index in [9.17, 15) is 4.79 Å². The van der Waals surface area contributed by atoms with Gasteiger partial charge in [-0.05, 0) is 65.1 Å². The van der Waals surface area contributed by atoms with Crippen molar-refractivity contribution >= 4 is 57.7 Å². The third-order valence-electron chi connectivity index (χ3n) is 2.91. The molecule has 1 amide bonds. The lowest BCUT2D eigenvalue weighted by Gasteiger charge is -2.01. The van der Waals surface area contributed by atoms with Gasteiger partial charge in [-0.15, -0.1) is 5.10 Å². The van der Waals surface area contributed by atoms with Gasteiger partial charge in [-0.3, -0.25) is 10.1 Å². The van der Waals surface area contributed by atoms with E-state index in [1.807, 2.05) is 12.1 Å². The molecule has 0 aliphatic heterocycles. The maximum Gasteiger partial charge on any atom is 0.322 e. The smallest absolute Gasteiger partial charge is 0.322 e. The van der Waals surface area contributed by atoms with Crippen molar-refractivity contribution < 1.29 is 9.21 Å². The summed E-state index contributed by atoms with van der Waals surface area (Å²) in [5.41, 5.74) is 1.04. The van der Waals surface area contributed by atoms with Gasteiger partial charge < -0.3 is 4.42 Å². The van der Waals surface area contributed by atoms with E-state index in [4.69, 9.17) is 27.6 Å². The van der Waals surface area contributed by atoms with Crippen LogP contribution in [0.2, 0.25) is 10.0 Å². The predicted molar refractivity (Wildman–Crippen MR) is 96.9 cm³/mol. The van der Waals surface area contributed by atoms with Crippen LogP contribution >= 0.6 is 45.8 Å². The van der Waals surface area contributed by atoms with Crippen molar-refractivity contribution in [1.29, 1.82) is 0 Å². The number of hydrogen-bond donors (Lipinski definition) is 1. The Morgan fingerprint density at radius 1 is 1.09 bits per heavy atom. The molecule has 2 aromatic carbocycles. The number of carbonyl (C=O) groups is 1. The minimum absolute atomic E-state index is 0.00503. The van der Waals surface area contributed by atoms with Gasteiger partial charge in [0.2, 0.25) is 0 Å². The fraction of sp³-hybridized carbons (Fsp3) is 0. The lowest BCUT2D eigenvalue weighted by molar-refractivity contribution is 0.102.